The standard InChI is InChI=1S/C11H12Br2N4O2S/c1-2-17-6-8(5-15-17)16-20(18,19)11-9(13)3-7(12)4-10(11)14/h3-6,16H,2,14H2,1H3. The van der Waals surface area contributed by atoms with E-state index in [4.69, 9.17) is 5.73 Å². The molecule has 1 aromatic heterocycles. The zero-order chi connectivity index (χ0) is 14.9. The van der Waals surface area contributed by atoms with Crippen LogP contribution in [0.15, 0.2) is 38.4 Å². The van der Waals surface area contributed by atoms with Crippen molar-refractivity contribution in [1.29, 1.82) is 0 Å². The second-order valence-corrected chi connectivity index (χ2v) is 7.39. The molecule has 6 nitrogen and oxygen atoms in total. The molecule has 3 N–H and O–H groups in total. The van der Waals surface area contributed by atoms with Crippen molar-refractivity contribution >= 4 is 53.3 Å². The average molecular weight is 424 g/mol. The van der Waals surface area contributed by atoms with Crippen LogP contribution in [0.2, 0.25) is 0 Å². The summed E-state index contributed by atoms with van der Waals surface area (Å²) < 4.78 is 29.9. The molecule has 0 saturated heterocycles. The Bertz CT molecular complexity index is 720. The highest BCUT2D eigenvalue weighted by Gasteiger charge is 2.22. The number of aromatic nitrogens is 2. The summed E-state index contributed by atoms with van der Waals surface area (Å²) in [6.45, 7) is 2.57. The number of rotatable bonds is 4. The highest BCUT2D eigenvalue weighted by Crippen LogP contribution is 2.32. The summed E-state index contributed by atoms with van der Waals surface area (Å²) in [4.78, 5) is 0.00458. The first-order valence-electron chi connectivity index (χ1n) is 5.63. The van der Waals surface area contributed by atoms with E-state index < -0.39 is 10.0 Å². The number of nitrogen functional groups attached to an aromatic ring is 1. The minimum atomic E-state index is -3.78. The summed E-state index contributed by atoms with van der Waals surface area (Å²) in [6.07, 6.45) is 3.06. The fourth-order valence-electron chi connectivity index (χ4n) is 1.66. The minimum Gasteiger partial charge on any atom is -0.398 e. The lowest BCUT2D eigenvalue weighted by Crippen LogP contribution is -2.15. The van der Waals surface area contributed by atoms with E-state index >= 15 is 0 Å². The Morgan fingerprint density at radius 2 is 2.10 bits per heavy atom. The first-order chi connectivity index (χ1) is 9.33. The predicted octanol–water partition coefficient (Wildman–Crippen LogP) is 2.81. The van der Waals surface area contributed by atoms with E-state index in [2.05, 4.69) is 41.7 Å². The Balaban J connectivity index is 2.40. The maximum atomic E-state index is 12.4. The van der Waals surface area contributed by atoms with E-state index in [0.29, 0.717) is 21.2 Å². The normalized spacial score (nSPS) is 11.6. The molecule has 2 aromatic rings. The predicted molar refractivity (Wildman–Crippen MR) is 85.0 cm³/mol. The number of halogens is 2. The summed E-state index contributed by atoms with van der Waals surface area (Å²) in [7, 11) is -3.78. The Morgan fingerprint density at radius 3 is 2.65 bits per heavy atom. The van der Waals surface area contributed by atoms with E-state index in [1.807, 2.05) is 6.92 Å². The number of anilines is 2. The molecule has 0 saturated carbocycles. The first-order valence-corrected chi connectivity index (χ1v) is 8.70. The lowest BCUT2D eigenvalue weighted by Gasteiger charge is -2.11. The van der Waals surface area contributed by atoms with Gasteiger partial charge >= 0.3 is 0 Å². The number of sulfonamides is 1. The van der Waals surface area contributed by atoms with E-state index in [9.17, 15) is 8.42 Å². The Kier molecular flexibility index (Phi) is 4.40. The maximum Gasteiger partial charge on any atom is 0.265 e. The molecule has 0 aliphatic rings. The van der Waals surface area contributed by atoms with Crippen molar-refractivity contribution in [2.75, 3.05) is 10.5 Å². The van der Waals surface area contributed by atoms with Crippen LogP contribution < -0.4 is 10.5 Å². The quantitative estimate of drug-likeness (QED) is 0.739. The molecule has 0 atom stereocenters. The Morgan fingerprint density at radius 1 is 1.40 bits per heavy atom. The zero-order valence-electron chi connectivity index (χ0n) is 10.5. The fraction of sp³-hybridized carbons (Fsp3) is 0.182. The highest BCUT2D eigenvalue weighted by atomic mass is 79.9. The van der Waals surface area contributed by atoms with Crippen LogP contribution in [0.4, 0.5) is 11.4 Å². The smallest absolute Gasteiger partial charge is 0.265 e. The van der Waals surface area contributed by atoms with Crippen molar-refractivity contribution in [2.45, 2.75) is 18.4 Å². The van der Waals surface area contributed by atoms with Crippen LogP contribution in [-0.4, -0.2) is 18.2 Å². The monoisotopic (exact) mass is 422 g/mol. The van der Waals surface area contributed by atoms with E-state index in [1.54, 1.807) is 16.9 Å². The average Bonchev–Trinajstić information content (AvgIpc) is 2.73. The van der Waals surface area contributed by atoms with Crippen LogP contribution in [0.1, 0.15) is 6.92 Å². The molecular formula is C11H12Br2N4O2S. The van der Waals surface area contributed by atoms with Gasteiger partial charge in [-0.15, -0.1) is 0 Å². The van der Waals surface area contributed by atoms with Crippen LogP contribution in [0.3, 0.4) is 0 Å². The van der Waals surface area contributed by atoms with Gasteiger partial charge in [0, 0.05) is 21.7 Å². The van der Waals surface area contributed by atoms with Crippen molar-refractivity contribution in [2.24, 2.45) is 0 Å². The molecule has 0 amide bonds. The van der Waals surface area contributed by atoms with Crippen LogP contribution in [-0.2, 0) is 16.6 Å². The molecule has 0 spiro atoms. The molecule has 9 heteroatoms. The summed E-state index contributed by atoms with van der Waals surface area (Å²) >= 11 is 6.47. The fourth-order valence-corrected chi connectivity index (χ4v) is 4.76. The molecule has 0 aliphatic heterocycles. The number of nitrogens with two attached hydrogens (primary N) is 1. The first kappa shape index (κ1) is 15.3. The Hall–Kier alpha value is -1.06. The van der Waals surface area contributed by atoms with E-state index in [0.717, 1.165) is 0 Å². The molecule has 0 radical (unpaired) electrons. The summed E-state index contributed by atoms with van der Waals surface area (Å²) in [5, 5.41) is 4.01. The lowest BCUT2D eigenvalue weighted by atomic mass is 10.3. The van der Waals surface area contributed by atoms with E-state index in [1.165, 1.54) is 12.3 Å². The Labute approximate surface area is 133 Å². The minimum absolute atomic E-state index is 0.00458. The van der Waals surface area contributed by atoms with Gasteiger partial charge in [-0.05, 0) is 35.0 Å². The largest absolute Gasteiger partial charge is 0.398 e. The zero-order valence-corrected chi connectivity index (χ0v) is 14.5. The van der Waals surface area contributed by atoms with Gasteiger partial charge in [-0.1, -0.05) is 15.9 Å². The van der Waals surface area contributed by atoms with Gasteiger partial charge in [-0.3, -0.25) is 9.40 Å². The van der Waals surface area contributed by atoms with Crippen molar-refractivity contribution in [1.82, 2.24) is 9.78 Å². The second kappa shape index (κ2) is 5.74. The SMILES string of the molecule is CCn1cc(NS(=O)(=O)c2c(N)cc(Br)cc2Br)cn1. The summed E-state index contributed by atoms with van der Waals surface area (Å²) in [5.74, 6) is 0. The van der Waals surface area contributed by atoms with Gasteiger partial charge in [0.2, 0.25) is 0 Å². The molecule has 1 aromatic carbocycles. The molecule has 0 bridgehead atoms. The van der Waals surface area contributed by atoms with Crippen LogP contribution in [0.5, 0.6) is 0 Å². The molecule has 20 heavy (non-hydrogen) atoms. The number of aryl methyl sites for hydroxylation is 1. The summed E-state index contributed by atoms with van der Waals surface area (Å²) in [6, 6.07) is 3.16. The van der Waals surface area contributed by atoms with Crippen LogP contribution >= 0.6 is 31.9 Å². The van der Waals surface area contributed by atoms with Crippen molar-refractivity contribution < 1.29 is 8.42 Å². The highest BCUT2D eigenvalue weighted by molar-refractivity contribution is 9.11. The second-order valence-electron chi connectivity index (χ2n) is 4.00. The van der Waals surface area contributed by atoms with Crippen molar-refractivity contribution in [3.05, 3.63) is 33.5 Å². The lowest BCUT2D eigenvalue weighted by molar-refractivity contribution is 0.601. The number of hydrogen-bond donors (Lipinski definition) is 2. The van der Waals surface area contributed by atoms with Gasteiger partial charge in [0.05, 0.1) is 17.6 Å². The third-order valence-corrected chi connectivity index (χ3v) is 5.36. The molecule has 0 fully saturated rings. The molecule has 108 valence electrons. The molecule has 2 rings (SSSR count). The van der Waals surface area contributed by atoms with Crippen molar-refractivity contribution in [3.8, 4) is 0 Å². The van der Waals surface area contributed by atoms with Gasteiger partial charge < -0.3 is 5.73 Å². The summed E-state index contributed by atoms with van der Waals surface area (Å²) in [5.41, 5.74) is 6.34. The third-order valence-electron chi connectivity index (χ3n) is 2.52. The molecule has 0 unspecified atom stereocenters. The number of benzene rings is 1. The topological polar surface area (TPSA) is 90.0 Å². The van der Waals surface area contributed by atoms with Crippen molar-refractivity contribution in [3.63, 3.8) is 0 Å². The van der Waals surface area contributed by atoms with Gasteiger partial charge in [-0.2, -0.15) is 5.10 Å². The van der Waals surface area contributed by atoms with Gasteiger partial charge in [0.1, 0.15) is 4.90 Å². The van der Waals surface area contributed by atoms with Crippen LogP contribution in [0, 0.1) is 0 Å². The van der Waals surface area contributed by atoms with Gasteiger partial charge in [0.25, 0.3) is 10.0 Å². The number of nitrogens with zero attached hydrogens (tertiary/aromatic N) is 2. The van der Waals surface area contributed by atoms with Gasteiger partial charge in [-0.25, -0.2) is 8.42 Å². The number of nitrogens with one attached hydrogen (secondary N) is 1. The van der Waals surface area contributed by atoms with E-state index in [-0.39, 0.29) is 10.6 Å². The maximum absolute atomic E-state index is 12.4. The van der Waals surface area contributed by atoms with Gasteiger partial charge in [0.15, 0.2) is 0 Å². The molecule has 1 heterocycles. The third kappa shape index (κ3) is 3.15. The number of hydrogen-bond acceptors (Lipinski definition) is 4. The van der Waals surface area contributed by atoms with Crippen LogP contribution in [0.25, 0.3) is 0 Å². The molecular weight excluding hydrogens is 412 g/mol. The molecule has 0 aliphatic carbocycles.